The maximum absolute atomic E-state index is 11.3. The minimum absolute atomic E-state index is 0.0214. The van der Waals surface area contributed by atoms with Crippen molar-refractivity contribution < 1.29 is 9.53 Å². The van der Waals surface area contributed by atoms with Crippen LogP contribution in [0.1, 0.15) is 6.92 Å². The van der Waals surface area contributed by atoms with Gasteiger partial charge in [0.05, 0.1) is 0 Å². The predicted octanol–water partition coefficient (Wildman–Crippen LogP) is 0.883. The van der Waals surface area contributed by atoms with Crippen LogP contribution in [-0.4, -0.2) is 40.6 Å². The van der Waals surface area contributed by atoms with Crippen molar-refractivity contribution in [3.8, 4) is 0 Å². The summed E-state index contributed by atoms with van der Waals surface area (Å²) >= 11 is 6.53. The van der Waals surface area contributed by atoms with Crippen LogP contribution in [-0.2, 0) is 9.53 Å². The molecule has 5 heteroatoms. The molecule has 1 saturated heterocycles. The van der Waals surface area contributed by atoms with Gasteiger partial charge < -0.3 is 4.74 Å². The number of hydrogen-bond donors (Lipinski definition) is 0. The SMILES string of the molecule is CCOCC(=O)N1CCSC1=S. The van der Waals surface area contributed by atoms with E-state index in [1.807, 2.05) is 6.92 Å². The summed E-state index contributed by atoms with van der Waals surface area (Å²) in [5.74, 6) is 0.892. The normalized spacial score (nSPS) is 17.1. The van der Waals surface area contributed by atoms with Crippen LogP contribution in [0.15, 0.2) is 0 Å². The first-order chi connectivity index (χ1) is 5.75. The Balaban J connectivity index is 2.36. The highest BCUT2D eigenvalue weighted by Gasteiger charge is 2.23. The molecule has 1 amide bonds. The first kappa shape index (κ1) is 9.95. The van der Waals surface area contributed by atoms with Crippen molar-refractivity contribution in [2.45, 2.75) is 6.92 Å². The summed E-state index contributed by atoms with van der Waals surface area (Å²) in [6, 6.07) is 0. The Morgan fingerprint density at radius 1 is 1.83 bits per heavy atom. The number of hydrogen-bond acceptors (Lipinski definition) is 4. The van der Waals surface area contributed by atoms with E-state index in [1.165, 1.54) is 0 Å². The van der Waals surface area contributed by atoms with E-state index in [2.05, 4.69) is 0 Å². The van der Waals surface area contributed by atoms with Gasteiger partial charge in [-0.25, -0.2) is 0 Å². The number of nitrogens with zero attached hydrogens (tertiary/aromatic N) is 1. The van der Waals surface area contributed by atoms with Gasteiger partial charge in [-0.2, -0.15) is 0 Å². The molecule has 0 atom stereocenters. The smallest absolute Gasteiger partial charge is 0.254 e. The average Bonchev–Trinajstić information content (AvgIpc) is 2.47. The van der Waals surface area contributed by atoms with E-state index in [1.54, 1.807) is 16.7 Å². The van der Waals surface area contributed by atoms with Crippen molar-refractivity contribution in [1.82, 2.24) is 4.90 Å². The van der Waals surface area contributed by atoms with Gasteiger partial charge >= 0.3 is 0 Å². The number of amides is 1. The second-order valence-corrected chi connectivity index (χ2v) is 4.03. The number of thioether (sulfide) groups is 1. The van der Waals surface area contributed by atoms with Crippen LogP contribution in [0.5, 0.6) is 0 Å². The number of rotatable bonds is 3. The van der Waals surface area contributed by atoms with Crippen LogP contribution in [0.25, 0.3) is 0 Å². The predicted molar refractivity (Wildman–Crippen MR) is 53.3 cm³/mol. The van der Waals surface area contributed by atoms with Crippen LogP contribution in [0.3, 0.4) is 0 Å². The van der Waals surface area contributed by atoms with Gasteiger partial charge in [-0.05, 0) is 6.92 Å². The van der Waals surface area contributed by atoms with Gasteiger partial charge in [0.15, 0.2) is 0 Å². The molecule has 68 valence electrons. The maximum Gasteiger partial charge on any atom is 0.254 e. The molecule has 1 aliphatic rings. The summed E-state index contributed by atoms with van der Waals surface area (Å²) < 4.78 is 5.68. The zero-order valence-corrected chi connectivity index (χ0v) is 8.54. The van der Waals surface area contributed by atoms with Gasteiger partial charge in [-0.3, -0.25) is 9.69 Å². The van der Waals surface area contributed by atoms with E-state index in [0.717, 1.165) is 12.3 Å². The molecule has 0 aliphatic carbocycles. The Hall–Kier alpha value is -0.130. The quantitative estimate of drug-likeness (QED) is 0.640. The van der Waals surface area contributed by atoms with E-state index in [4.69, 9.17) is 17.0 Å². The zero-order valence-electron chi connectivity index (χ0n) is 6.91. The fourth-order valence-electron chi connectivity index (χ4n) is 0.887. The molecule has 0 saturated carbocycles. The summed E-state index contributed by atoms with van der Waals surface area (Å²) in [6.07, 6.45) is 0. The number of carbonyl (C=O) groups is 1. The molecule has 12 heavy (non-hydrogen) atoms. The molecule has 1 fully saturated rings. The van der Waals surface area contributed by atoms with Crippen molar-refractivity contribution in [3.63, 3.8) is 0 Å². The van der Waals surface area contributed by atoms with E-state index in [0.29, 0.717) is 10.9 Å². The number of thiocarbonyl (C=S) groups is 1. The van der Waals surface area contributed by atoms with Gasteiger partial charge in [0, 0.05) is 18.9 Å². The zero-order chi connectivity index (χ0) is 8.97. The Morgan fingerprint density at radius 3 is 3.08 bits per heavy atom. The molecular formula is C7H11NO2S2. The second-order valence-electron chi connectivity index (χ2n) is 2.30. The minimum Gasteiger partial charge on any atom is -0.372 e. The van der Waals surface area contributed by atoms with Crippen molar-refractivity contribution in [2.75, 3.05) is 25.5 Å². The highest BCUT2D eigenvalue weighted by molar-refractivity contribution is 8.23. The summed E-state index contributed by atoms with van der Waals surface area (Å²) in [5.41, 5.74) is 0. The van der Waals surface area contributed by atoms with Crippen LogP contribution in [0, 0.1) is 0 Å². The molecular weight excluding hydrogens is 194 g/mol. The molecule has 0 N–H and O–H groups in total. The molecule has 0 bridgehead atoms. The Bertz CT molecular complexity index is 196. The van der Waals surface area contributed by atoms with Crippen molar-refractivity contribution in [1.29, 1.82) is 0 Å². The third kappa shape index (κ3) is 2.43. The summed E-state index contributed by atoms with van der Waals surface area (Å²) in [4.78, 5) is 12.9. The van der Waals surface area contributed by atoms with Crippen molar-refractivity contribution in [3.05, 3.63) is 0 Å². The van der Waals surface area contributed by atoms with Gasteiger partial charge in [-0.1, -0.05) is 24.0 Å². The lowest BCUT2D eigenvalue weighted by Crippen LogP contribution is -2.33. The van der Waals surface area contributed by atoms with Crippen molar-refractivity contribution in [2.24, 2.45) is 0 Å². The standard InChI is InChI=1S/C7H11NO2S2/c1-2-10-5-6(9)8-3-4-12-7(8)11/h2-5H2,1H3. The fraction of sp³-hybridized carbons (Fsp3) is 0.714. The van der Waals surface area contributed by atoms with Gasteiger partial charge in [0.25, 0.3) is 5.91 Å². The monoisotopic (exact) mass is 205 g/mol. The molecule has 0 aromatic heterocycles. The number of ether oxygens (including phenoxy) is 1. The van der Waals surface area contributed by atoms with Gasteiger partial charge in [0.1, 0.15) is 10.9 Å². The third-order valence-corrected chi connectivity index (χ3v) is 2.92. The second kappa shape index (κ2) is 4.79. The highest BCUT2D eigenvalue weighted by atomic mass is 32.2. The van der Waals surface area contributed by atoms with Crippen LogP contribution < -0.4 is 0 Å². The fourth-order valence-corrected chi connectivity index (χ4v) is 2.13. The first-order valence-electron chi connectivity index (χ1n) is 3.80. The molecule has 0 aromatic rings. The Morgan fingerprint density at radius 2 is 2.58 bits per heavy atom. The van der Waals surface area contributed by atoms with Crippen LogP contribution in [0.2, 0.25) is 0 Å². The third-order valence-electron chi connectivity index (χ3n) is 1.49. The molecule has 0 unspecified atom stereocenters. The van der Waals surface area contributed by atoms with E-state index in [9.17, 15) is 4.79 Å². The summed E-state index contributed by atoms with van der Waals surface area (Å²) in [7, 11) is 0. The lowest BCUT2D eigenvalue weighted by Gasteiger charge is -2.13. The van der Waals surface area contributed by atoms with Gasteiger partial charge in [0.2, 0.25) is 0 Å². The average molecular weight is 205 g/mol. The van der Waals surface area contributed by atoms with E-state index in [-0.39, 0.29) is 12.5 Å². The molecule has 1 heterocycles. The topological polar surface area (TPSA) is 29.5 Å². The highest BCUT2D eigenvalue weighted by Crippen LogP contribution is 2.17. The summed E-state index contributed by atoms with van der Waals surface area (Å²) in [5, 5.41) is 0. The van der Waals surface area contributed by atoms with Gasteiger partial charge in [-0.15, -0.1) is 0 Å². The maximum atomic E-state index is 11.3. The first-order valence-corrected chi connectivity index (χ1v) is 5.20. The largest absolute Gasteiger partial charge is 0.372 e. The molecule has 0 spiro atoms. The molecule has 1 rings (SSSR count). The Kier molecular flexibility index (Phi) is 3.97. The van der Waals surface area contributed by atoms with E-state index < -0.39 is 0 Å². The minimum atomic E-state index is -0.0214. The number of carbonyl (C=O) groups excluding carboxylic acids is 1. The summed E-state index contributed by atoms with van der Waals surface area (Å²) in [6.45, 7) is 3.32. The molecule has 0 radical (unpaired) electrons. The van der Waals surface area contributed by atoms with Crippen LogP contribution in [0.4, 0.5) is 0 Å². The Labute approximate surface area is 81.4 Å². The van der Waals surface area contributed by atoms with Crippen molar-refractivity contribution >= 4 is 34.2 Å². The molecule has 1 aliphatic heterocycles. The lowest BCUT2D eigenvalue weighted by atomic mass is 10.5. The molecule has 3 nitrogen and oxygen atoms in total. The lowest BCUT2D eigenvalue weighted by molar-refractivity contribution is -0.131. The van der Waals surface area contributed by atoms with Crippen LogP contribution >= 0.6 is 24.0 Å². The molecule has 0 aromatic carbocycles. The van der Waals surface area contributed by atoms with E-state index >= 15 is 0 Å².